The molecule has 0 aliphatic rings. The summed E-state index contributed by atoms with van der Waals surface area (Å²) in [6, 6.07) is 12.5. The normalized spacial score (nSPS) is 11.1. The Morgan fingerprint density at radius 2 is 1.79 bits per heavy atom. The van der Waals surface area contributed by atoms with Crippen LogP contribution in [-0.4, -0.2) is 48.6 Å². The second-order valence-corrected chi connectivity index (χ2v) is 7.06. The van der Waals surface area contributed by atoms with E-state index in [2.05, 4.69) is 0 Å². The molecule has 0 atom stereocenters. The van der Waals surface area contributed by atoms with Gasteiger partial charge in [-0.2, -0.15) is 0 Å². The van der Waals surface area contributed by atoms with Gasteiger partial charge in [0.1, 0.15) is 11.5 Å². The number of hydrogen-bond donors (Lipinski definition) is 3. The Labute approximate surface area is 171 Å². The van der Waals surface area contributed by atoms with Crippen molar-refractivity contribution in [3.05, 3.63) is 53.6 Å². The van der Waals surface area contributed by atoms with Crippen LogP contribution in [0.3, 0.4) is 0 Å². The van der Waals surface area contributed by atoms with Crippen molar-refractivity contribution in [2.75, 3.05) is 20.3 Å². The summed E-state index contributed by atoms with van der Waals surface area (Å²) >= 11 is 0. The number of aliphatic hydroxyl groups is 1. The number of carbonyl (C=O) groups excluding carboxylic acids is 1. The second-order valence-electron chi connectivity index (χ2n) is 7.06. The fourth-order valence-electron chi connectivity index (χ4n) is 2.87. The van der Waals surface area contributed by atoms with Gasteiger partial charge in [-0.1, -0.05) is 24.3 Å². The van der Waals surface area contributed by atoms with Gasteiger partial charge in [-0.25, -0.2) is 0 Å². The number of methoxy groups -OCH3 is 1. The van der Waals surface area contributed by atoms with E-state index in [1.807, 2.05) is 30.3 Å². The predicted octanol–water partition coefficient (Wildman–Crippen LogP) is 1.16. The largest absolute Gasteiger partial charge is 0.497 e. The quantitative estimate of drug-likeness (QED) is 0.311. The summed E-state index contributed by atoms with van der Waals surface area (Å²) in [4.78, 5) is 12.7. The van der Waals surface area contributed by atoms with E-state index in [0.29, 0.717) is 18.6 Å². The Balaban J connectivity index is 2.02. The lowest BCUT2D eigenvalue weighted by atomic mass is 9.73. The van der Waals surface area contributed by atoms with Crippen LogP contribution in [0.2, 0.25) is 0 Å². The van der Waals surface area contributed by atoms with Crippen molar-refractivity contribution in [1.82, 2.24) is 0 Å². The van der Waals surface area contributed by atoms with Crippen LogP contribution in [0.5, 0.6) is 11.5 Å². The molecule has 0 saturated carbocycles. The average molecular weight is 402 g/mol. The van der Waals surface area contributed by atoms with E-state index in [0.717, 1.165) is 5.75 Å². The molecule has 3 N–H and O–H groups in total. The molecule has 0 unspecified atom stereocenters. The topological polar surface area (TPSA) is 105 Å². The molecule has 0 heterocycles. The van der Waals surface area contributed by atoms with Crippen molar-refractivity contribution in [1.29, 1.82) is 0 Å². The van der Waals surface area contributed by atoms with Crippen molar-refractivity contribution in [2.24, 2.45) is 0 Å². The summed E-state index contributed by atoms with van der Waals surface area (Å²) < 4.78 is 16.2. The summed E-state index contributed by atoms with van der Waals surface area (Å²) in [6.45, 7) is 3.58. The lowest BCUT2D eigenvalue weighted by molar-refractivity contribution is -0.149. The molecule has 2 aromatic rings. The maximum Gasteiger partial charge on any atom is 0.492 e. The molecule has 7 nitrogen and oxygen atoms in total. The highest BCUT2D eigenvalue weighted by Gasteiger charge is 2.34. The van der Waals surface area contributed by atoms with E-state index in [9.17, 15) is 19.9 Å². The summed E-state index contributed by atoms with van der Waals surface area (Å²) in [5, 5.41) is 28.7. The molecule has 0 amide bonds. The summed E-state index contributed by atoms with van der Waals surface area (Å²) in [6.07, 6.45) is 0.539. The molecular formula is C21H27BO7. The Bertz CT molecular complexity index is 781. The Kier molecular flexibility index (Phi) is 8.07. The zero-order valence-electron chi connectivity index (χ0n) is 16.9. The van der Waals surface area contributed by atoms with Gasteiger partial charge in [0.25, 0.3) is 0 Å². The predicted molar refractivity (Wildman–Crippen MR) is 109 cm³/mol. The van der Waals surface area contributed by atoms with Gasteiger partial charge in [0.2, 0.25) is 0 Å². The minimum absolute atomic E-state index is 0.0704. The summed E-state index contributed by atoms with van der Waals surface area (Å²) in [7, 11) is -0.426. The number of hydrogen-bond acceptors (Lipinski definition) is 7. The Hall–Kier alpha value is -2.55. The number of ether oxygens (including phenoxy) is 3. The first-order valence-electron chi connectivity index (χ1n) is 9.34. The van der Waals surface area contributed by atoms with E-state index in [-0.39, 0.29) is 23.4 Å². The van der Waals surface area contributed by atoms with E-state index in [1.165, 1.54) is 7.11 Å². The average Bonchev–Trinajstić information content (AvgIpc) is 2.72. The molecule has 29 heavy (non-hydrogen) atoms. The first-order valence-corrected chi connectivity index (χ1v) is 9.34. The SMILES string of the molecule is COc1cc(C(C)(C)C(=O)OCCCOc2ccccc2)cc(CO)c1B(O)O. The van der Waals surface area contributed by atoms with Gasteiger partial charge in [0, 0.05) is 11.9 Å². The Morgan fingerprint density at radius 1 is 1.10 bits per heavy atom. The molecule has 0 saturated heterocycles. The zero-order valence-corrected chi connectivity index (χ0v) is 16.9. The van der Waals surface area contributed by atoms with Crippen LogP contribution in [0.25, 0.3) is 0 Å². The third kappa shape index (κ3) is 5.73. The third-order valence-corrected chi connectivity index (χ3v) is 4.64. The van der Waals surface area contributed by atoms with Crippen LogP contribution in [-0.2, 0) is 21.6 Å². The third-order valence-electron chi connectivity index (χ3n) is 4.64. The van der Waals surface area contributed by atoms with E-state index >= 15 is 0 Å². The zero-order chi connectivity index (χ0) is 21.4. The number of carbonyl (C=O) groups is 1. The van der Waals surface area contributed by atoms with Gasteiger partial charge < -0.3 is 29.4 Å². The molecule has 0 fully saturated rings. The van der Waals surface area contributed by atoms with Gasteiger partial charge in [-0.3, -0.25) is 4.79 Å². The lowest BCUT2D eigenvalue weighted by Gasteiger charge is -2.25. The highest BCUT2D eigenvalue weighted by molar-refractivity contribution is 6.60. The molecule has 0 aliphatic heterocycles. The number of benzene rings is 2. The first-order chi connectivity index (χ1) is 13.8. The number of para-hydroxylation sites is 1. The van der Waals surface area contributed by atoms with Crippen molar-refractivity contribution in [3.63, 3.8) is 0 Å². The molecule has 0 aromatic heterocycles. The fourth-order valence-corrected chi connectivity index (χ4v) is 2.87. The molecular weight excluding hydrogens is 375 g/mol. The van der Waals surface area contributed by atoms with Crippen molar-refractivity contribution in [2.45, 2.75) is 32.3 Å². The van der Waals surface area contributed by atoms with E-state index in [1.54, 1.807) is 26.0 Å². The summed E-state index contributed by atoms with van der Waals surface area (Å²) in [5.74, 6) is 0.494. The molecule has 0 radical (unpaired) electrons. The smallest absolute Gasteiger partial charge is 0.492 e. The number of rotatable bonds is 10. The van der Waals surface area contributed by atoms with Gasteiger partial charge in [-0.05, 0) is 43.2 Å². The molecule has 2 rings (SSSR count). The van der Waals surface area contributed by atoms with Crippen molar-refractivity contribution >= 4 is 18.6 Å². The highest BCUT2D eigenvalue weighted by atomic mass is 16.5. The van der Waals surface area contributed by atoms with Crippen LogP contribution in [0.4, 0.5) is 0 Å². The molecule has 2 aromatic carbocycles. The summed E-state index contributed by atoms with van der Waals surface area (Å²) in [5.41, 5.74) is -0.156. The minimum atomic E-state index is -1.80. The number of aliphatic hydroxyl groups excluding tert-OH is 1. The fraction of sp³-hybridized carbons (Fsp3) is 0.381. The van der Waals surface area contributed by atoms with Crippen LogP contribution in [0.15, 0.2) is 42.5 Å². The monoisotopic (exact) mass is 402 g/mol. The van der Waals surface area contributed by atoms with E-state index < -0.39 is 25.1 Å². The highest BCUT2D eigenvalue weighted by Crippen LogP contribution is 2.29. The van der Waals surface area contributed by atoms with Crippen LogP contribution in [0, 0.1) is 0 Å². The first kappa shape index (κ1) is 22.7. The van der Waals surface area contributed by atoms with Crippen LogP contribution in [0.1, 0.15) is 31.4 Å². The van der Waals surface area contributed by atoms with Gasteiger partial charge >= 0.3 is 13.1 Å². The maximum absolute atomic E-state index is 12.7. The van der Waals surface area contributed by atoms with E-state index in [4.69, 9.17) is 14.2 Å². The molecule has 0 spiro atoms. The standard InChI is InChI=1S/C21H27BO7/c1-21(2,16-12-15(14-23)19(22(25)26)18(13-16)27-3)20(24)29-11-7-10-28-17-8-5-4-6-9-17/h4-6,8-9,12-13,23,25-26H,7,10-11,14H2,1-3H3. The molecule has 0 aliphatic carbocycles. The van der Waals surface area contributed by atoms with Crippen molar-refractivity contribution in [3.8, 4) is 11.5 Å². The van der Waals surface area contributed by atoms with Gasteiger partial charge in [0.15, 0.2) is 0 Å². The maximum atomic E-state index is 12.7. The number of esters is 1. The molecule has 8 heteroatoms. The molecule has 0 bridgehead atoms. The van der Waals surface area contributed by atoms with Crippen LogP contribution < -0.4 is 14.9 Å². The van der Waals surface area contributed by atoms with Gasteiger partial charge in [0.05, 0.1) is 32.3 Å². The lowest BCUT2D eigenvalue weighted by Crippen LogP contribution is -2.37. The van der Waals surface area contributed by atoms with Crippen molar-refractivity contribution < 1.29 is 34.2 Å². The second kappa shape index (κ2) is 10.3. The van der Waals surface area contributed by atoms with Crippen LogP contribution >= 0.6 is 0 Å². The Morgan fingerprint density at radius 3 is 2.38 bits per heavy atom. The molecule has 156 valence electrons. The minimum Gasteiger partial charge on any atom is -0.497 e. The van der Waals surface area contributed by atoms with Gasteiger partial charge in [-0.15, -0.1) is 0 Å².